The highest BCUT2D eigenvalue weighted by Crippen LogP contribution is 2.15. The molecule has 0 unspecified atom stereocenters. The maximum Gasteiger partial charge on any atom is 0.408 e. The van der Waals surface area contributed by atoms with E-state index in [1.54, 1.807) is 55.4 Å². The van der Waals surface area contributed by atoms with Gasteiger partial charge in [0.1, 0.15) is 41.5 Å². The number of esters is 1. The SMILES string of the molecule is COC(=O)c1coc([C@@H](C)NC(=O)OC(C)(C)C)n1.C[C@@H](NC(=O)OC(C)(C)C)c1nc(CO)co1. The Morgan fingerprint density at radius 3 is 1.72 bits per heavy atom. The molecule has 0 radical (unpaired) electrons. The maximum atomic E-state index is 11.5. The predicted molar refractivity (Wildman–Crippen MR) is 126 cm³/mol. The lowest BCUT2D eigenvalue weighted by atomic mass is 10.2. The van der Waals surface area contributed by atoms with Crippen LogP contribution >= 0.6 is 0 Å². The number of carbonyl (C=O) groups is 3. The first kappa shape index (κ1) is 30.4. The number of oxazole rings is 2. The maximum absolute atomic E-state index is 11.5. The van der Waals surface area contributed by atoms with E-state index in [1.165, 1.54) is 19.6 Å². The Morgan fingerprint density at radius 2 is 1.33 bits per heavy atom. The van der Waals surface area contributed by atoms with Crippen molar-refractivity contribution >= 4 is 18.2 Å². The highest BCUT2D eigenvalue weighted by atomic mass is 16.6. The Kier molecular flexibility index (Phi) is 10.9. The largest absolute Gasteiger partial charge is 0.464 e. The van der Waals surface area contributed by atoms with Crippen molar-refractivity contribution in [3.63, 3.8) is 0 Å². The molecule has 13 nitrogen and oxygen atoms in total. The lowest BCUT2D eigenvalue weighted by Gasteiger charge is -2.21. The molecular weight excluding hydrogens is 476 g/mol. The fourth-order valence-electron chi connectivity index (χ4n) is 2.37. The van der Waals surface area contributed by atoms with Gasteiger partial charge in [0.2, 0.25) is 11.8 Å². The normalized spacial score (nSPS) is 12.9. The van der Waals surface area contributed by atoms with Crippen LogP contribution in [-0.2, 0) is 20.8 Å². The number of aromatic nitrogens is 2. The van der Waals surface area contributed by atoms with Gasteiger partial charge in [-0.05, 0) is 55.4 Å². The van der Waals surface area contributed by atoms with E-state index >= 15 is 0 Å². The predicted octanol–water partition coefficient (Wildman–Crippen LogP) is 3.80. The van der Waals surface area contributed by atoms with Gasteiger partial charge in [0, 0.05) is 0 Å². The number of nitrogens with zero attached hydrogens (tertiary/aromatic N) is 2. The molecule has 13 heteroatoms. The average molecular weight is 513 g/mol. The monoisotopic (exact) mass is 512 g/mol. The number of aliphatic hydroxyl groups is 1. The number of hydrogen-bond acceptors (Lipinski definition) is 11. The number of carbonyl (C=O) groups excluding carboxylic acids is 3. The summed E-state index contributed by atoms with van der Waals surface area (Å²) in [4.78, 5) is 42.1. The van der Waals surface area contributed by atoms with E-state index in [2.05, 4.69) is 25.3 Å². The van der Waals surface area contributed by atoms with Gasteiger partial charge in [-0.2, -0.15) is 0 Å². The lowest BCUT2D eigenvalue weighted by molar-refractivity contribution is 0.0489. The summed E-state index contributed by atoms with van der Waals surface area (Å²) in [6, 6.07) is -0.932. The van der Waals surface area contributed by atoms with Crippen molar-refractivity contribution in [1.29, 1.82) is 0 Å². The molecule has 2 amide bonds. The van der Waals surface area contributed by atoms with E-state index in [1.807, 2.05) is 0 Å². The number of rotatable bonds is 6. The summed E-state index contributed by atoms with van der Waals surface area (Å²) in [5.74, 6) is -0.0642. The molecule has 3 N–H and O–H groups in total. The van der Waals surface area contributed by atoms with Crippen LogP contribution in [0, 0.1) is 0 Å². The molecular formula is C23H36N4O9. The number of amides is 2. The van der Waals surface area contributed by atoms with Gasteiger partial charge in [0.25, 0.3) is 0 Å². The van der Waals surface area contributed by atoms with Gasteiger partial charge in [-0.3, -0.25) is 0 Å². The van der Waals surface area contributed by atoms with Crippen LogP contribution in [0.15, 0.2) is 21.4 Å². The van der Waals surface area contributed by atoms with Gasteiger partial charge < -0.3 is 38.8 Å². The van der Waals surface area contributed by atoms with Crippen LogP contribution in [-0.4, -0.2) is 51.5 Å². The molecule has 2 heterocycles. The lowest BCUT2D eigenvalue weighted by Crippen LogP contribution is -2.34. The molecule has 0 aliphatic carbocycles. The van der Waals surface area contributed by atoms with E-state index in [9.17, 15) is 14.4 Å². The van der Waals surface area contributed by atoms with E-state index in [4.69, 9.17) is 23.4 Å². The fourth-order valence-corrected chi connectivity index (χ4v) is 2.37. The minimum absolute atomic E-state index is 0.0512. The van der Waals surface area contributed by atoms with E-state index in [-0.39, 0.29) is 18.2 Å². The van der Waals surface area contributed by atoms with E-state index in [0.717, 1.165) is 0 Å². The van der Waals surface area contributed by atoms with Gasteiger partial charge in [0.05, 0.1) is 13.7 Å². The third kappa shape index (κ3) is 11.2. The second-order valence-electron chi connectivity index (χ2n) is 9.63. The van der Waals surface area contributed by atoms with Crippen molar-refractivity contribution in [3.05, 3.63) is 35.7 Å². The topological polar surface area (TPSA) is 175 Å². The number of alkyl carbamates (subject to hydrolysis) is 2. The first-order valence-corrected chi connectivity index (χ1v) is 11.1. The molecule has 0 saturated heterocycles. The molecule has 0 fully saturated rings. The summed E-state index contributed by atoms with van der Waals surface area (Å²) in [6.45, 7) is 13.8. The second kappa shape index (κ2) is 12.9. The first-order valence-electron chi connectivity index (χ1n) is 11.1. The van der Waals surface area contributed by atoms with Crippen LogP contribution in [0.4, 0.5) is 9.59 Å². The Labute approximate surface area is 209 Å². The minimum atomic E-state index is -0.598. The summed E-state index contributed by atoms with van der Waals surface area (Å²) in [5.41, 5.74) is -0.651. The molecule has 0 spiro atoms. The Balaban J connectivity index is 0.000000362. The summed E-state index contributed by atoms with van der Waals surface area (Å²) < 4.78 is 24.9. The summed E-state index contributed by atoms with van der Waals surface area (Å²) in [7, 11) is 1.25. The molecule has 2 rings (SSSR count). The standard InChI is InChI=1S/C12H18N2O5.C11H18N2O4/c1-7(13-11(16)19-12(2,3)4)9-14-8(6-18-9)10(15)17-5;1-7(9-13-8(5-14)6-16-9)12-10(15)17-11(2,3)4/h6-7H,1-5H3,(H,13,16);6-7,14H,5H2,1-4H3,(H,12,15)/t2*7-/m11/s1. The van der Waals surface area contributed by atoms with Crippen LogP contribution in [0.5, 0.6) is 0 Å². The highest BCUT2D eigenvalue weighted by molar-refractivity contribution is 5.86. The number of ether oxygens (including phenoxy) is 3. The quantitative estimate of drug-likeness (QED) is 0.379. The molecule has 0 bridgehead atoms. The van der Waals surface area contributed by atoms with Gasteiger partial charge in [-0.1, -0.05) is 0 Å². The van der Waals surface area contributed by atoms with Crippen molar-refractivity contribution in [2.45, 2.75) is 85.3 Å². The summed E-state index contributed by atoms with van der Waals surface area (Å²) in [5, 5.41) is 14.0. The van der Waals surface area contributed by atoms with Crippen LogP contribution in [0.3, 0.4) is 0 Å². The molecule has 202 valence electrons. The zero-order chi connectivity index (χ0) is 27.7. The molecule has 0 aromatic carbocycles. The number of nitrogens with one attached hydrogen (secondary N) is 2. The number of hydrogen-bond donors (Lipinski definition) is 3. The zero-order valence-electron chi connectivity index (χ0n) is 22.1. The highest BCUT2D eigenvalue weighted by Gasteiger charge is 2.22. The van der Waals surface area contributed by atoms with Crippen LogP contribution in [0.25, 0.3) is 0 Å². The molecule has 0 aliphatic rings. The fraction of sp³-hybridized carbons (Fsp3) is 0.609. The van der Waals surface area contributed by atoms with Crippen molar-refractivity contribution < 1.29 is 42.5 Å². The average Bonchev–Trinajstić information content (AvgIpc) is 3.40. The van der Waals surface area contributed by atoms with Gasteiger partial charge in [0.15, 0.2) is 5.69 Å². The number of methoxy groups -OCH3 is 1. The summed E-state index contributed by atoms with van der Waals surface area (Å²) >= 11 is 0. The minimum Gasteiger partial charge on any atom is -0.464 e. The Bertz CT molecular complexity index is 1000. The summed E-state index contributed by atoms with van der Waals surface area (Å²) in [6.07, 6.45) is 1.41. The molecule has 2 aromatic heterocycles. The van der Waals surface area contributed by atoms with E-state index in [0.29, 0.717) is 11.6 Å². The van der Waals surface area contributed by atoms with Crippen molar-refractivity contribution in [2.75, 3.05) is 7.11 Å². The third-order valence-corrected chi connectivity index (χ3v) is 3.86. The molecule has 2 aromatic rings. The first-order chi connectivity index (χ1) is 16.5. The van der Waals surface area contributed by atoms with Gasteiger partial charge in [-0.15, -0.1) is 0 Å². The Morgan fingerprint density at radius 1 is 0.889 bits per heavy atom. The van der Waals surface area contributed by atoms with Gasteiger partial charge in [-0.25, -0.2) is 24.4 Å². The zero-order valence-corrected chi connectivity index (χ0v) is 22.1. The van der Waals surface area contributed by atoms with E-state index < -0.39 is 41.4 Å². The van der Waals surface area contributed by atoms with Crippen LogP contribution in [0.2, 0.25) is 0 Å². The molecule has 0 aliphatic heterocycles. The molecule has 2 atom stereocenters. The molecule has 0 saturated carbocycles. The Hall–Kier alpha value is -3.61. The smallest absolute Gasteiger partial charge is 0.408 e. The van der Waals surface area contributed by atoms with Gasteiger partial charge >= 0.3 is 18.2 Å². The second-order valence-corrected chi connectivity index (χ2v) is 9.63. The molecule has 36 heavy (non-hydrogen) atoms. The van der Waals surface area contributed by atoms with Crippen molar-refractivity contribution in [3.8, 4) is 0 Å². The van der Waals surface area contributed by atoms with Crippen LogP contribution < -0.4 is 10.6 Å². The van der Waals surface area contributed by atoms with Crippen molar-refractivity contribution in [2.24, 2.45) is 0 Å². The van der Waals surface area contributed by atoms with Crippen LogP contribution in [0.1, 0.15) is 95.4 Å². The third-order valence-electron chi connectivity index (χ3n) is 3.86. The number of aliphatic hydroxyl groups excluding tert-OH is 1. The van der Waals surface area contributed by atoms with Crippen molar-refractivity contribution in [1.82, 2.24) is 20.6 Å².